The van der Waals surface area contributed by atoms with Crippen LogP contribution in [0, 0.1) is 6.92 Å². The fraction of sp³-hybridized carbons (Fsp3) is 0.308. The van der Waals surface area contributed by atoms with E-state index in [2.05, 4.69) is 5.32 Å². The summed E-state index contributed by atoms with van der Waals surface area (Å²) in [4.78, 5) is 34.1. The van der Waals surface area contributed by atoms with Crippen molar-refractivity contribution in [1.29, 1.82) is 0 Å². The summed E-state index contributed by atoms with van der Waals surface area (Å²) < 4.78 is 4.95. The van der Waals surface area contributed by atoms with Crippen molar-refractivity contribution in [3.63, 3.8) is 0 Å². The lowest BCUT2D eigenvalue weighted by molar-refractivity contribution is -0.127. The molecule has 102 valence electrons. The maximum Gasteiger partial charge on any atom is 0.338 e. The molecule has 3 amide bonds. The van der Waals surface area contributed by atoms with Crippen LogP contribution in [-0.4, -0.2) is 31.1 Å². The lowest BCUT2D eigenvalue weighted by Gasteiger charge is -2.12. The summed E-state index contributed by atoms with van der Waals surface area (Å²) in [6, 6.07) is 6.11. The van der Waals surface area contributed by atoms with E-state index in [1.165, 1.54) is 14.0 Å². The smallest absolute Gasteiger partial charge is 0.338 e. The molecule has 1 aromatic rings. The normalized spacial score (nSPS) is 11.3. The predicted octanol–water partition coefficient (Wildman–Crippen LogP) is 0.996. The van der Waals surface area contributed by atoms with E-state index in [9.17, 15) is 14.4 Å². The van der Waals surface area contributed by atoms with Crippen LogP contribution in [0.3, 0.4) is 0 Å². The van der Waals surface area contributed by atoms with Gasteiger partial charge < -0.3 is 10.1 Å². The zero-order chi connectivity index (χ0) is 14.4. The number of imide groups is 1. The van der Waals surface area contributed by atoms with Crippen molar-refractivity contribution in [2.24, 2.45) is 0 Å². The van der Waals surface area contributed by atoms with Crippen molar-refractivity contribution >= 4 is 17.9 Å². The molecule has 0 aliphatic carbocycles. The zero-order valence-corrected chi connectivity index (χ0v) is 11.0. The SMILES string of the molecule is CNC(=O)NC(=O)C(C)OC(=O)c1ccc(C)cc1. The molecule has 1 unspecified atom stereocenters. The number of rotatable bonds is 3. The standard InChI is InChI=1S/C13H16N2O4/c1-8-4-6-10(7-5-8)12(17)19-9(2)11(16)15-13(18)14-3/h4-7,9H,1-3H3,(H2,14,15,16,18). The molecule has 0 heterocycles. The van der Waals surface area contributed by atoms with Crippen molar-refractivity contribution in [2.75, 3.05) is 7.05 Å². The Morgan fingerprint density at radius 2 is 1.74 bits per heavy atom. The maximum absolute atomic E-state index is 11.7. The summed E-state index contributed by atoms with van der Waals surface area (Å²) in [5, 5.41) is 4.26. The number of hydrogen-bond donors (Lipinski definition) is 2. The van der Waals surface area contributed by atoms with Crippen LogP contribution in [0.2, 0.25) is 0 Å². The highest BCUT2D eigenvalue weighted by Crippen LogP contribution is 2.06. The van der Waals surface area contributed by atoms with Crippen LogP contribution in [0.4, 0.5) is 4.79 Å². The predicted molar refractivity (Wildman–Crippen MR) is 68.7 cm³/mol. The fourth-order valence-electron chi connectivity index (χ4n) is 1.25. The third kappa shape index (κ3) is 4.42. The Kier molecular flexibility index (Phi) is 5.05. The average molecular weight is 264 g/mol. The van der Waals surface area contributed by atoms with Gasteiger partial charge in [0, 0.05) is 7.05 Å². The molecule has 0 aliphatic heterocycles. The highest BCUT2D eigenvalue weighted by atomic mass is 16.5. The molecule has 2 N–H and O–H groups in total. The van der Waals surface area contributed by atoms with Crippen LogP contribution in [0.5, 0.6) is 0 Å². The number of ether oxygens (including phenoxy) is 1. The molecule has 0 saturated carbocycles. The molecule has 0 saturated heterocycles. The van der Waals surface area contributed by atoms with E-state index in [0.29, 0.717) is 5.56 Å². The Labute approximate surface area is 111 Å². The Morgan fingerprint density at radius 3 is 2.26 bits per heavy atom. The Bertz CT molecular complexity index is 482. The van der Waals surface area contributed by atoms with Crippen LogP contribution < -0.4 is 10.6 Å². The maximum atomic E-state index is 11.7. The van der Waals surface area contributed by atoms with E-state index in [-0.39, 0.29) is 0 Å². The molecule has 1 rings (SSSR count). The van der Waals surface area contributed by atoms with Gasteiger partial charge in [-0.1, -0.05) is 17.7 Å². The first-order valence-corrected chi connectivity index (χ1v) is 5.74. The molecule has 6 heteroatoms. The van der Waals surface area contributed by atoms with E-state index in [1.54, 1.807) is 24.3 Å². The number of carbonyl (C=O) groups is 3. The summed E-state index contributed by atoms with van der Waals surface area (Å²) in [6.07, 6.45) is -1.05. The van der Waals surface area contributed by atoms with Gasteiger partial charge >= 0.3 is 12.0 Å². The lowest BCUT2D eigenvalue weighted by atomic mass is 10.1. The highest BCUT2D eigenvalue weighted by Gasteiger charge is 2.20. The first-order chi connectivity index (χ1) is 8.93. The van der Waals surface area contributed by atoms with Crippen LogP contribution in [-0.2, 0) is 9.53 Å². The third-order valence-corrected chi connectivity index (χ3v) is 2.40. The van der Waals surface area contributed by atoms with Gasteiger partial charge in [-0.3, -0.25) is 10.1 Å². The van der Waals surface area contributed by atoms with Crippen molar-refractivity contribution in [2.45, 2.75) is 20.0 Å². The van der Waals surface area contributed by atoms with Gasteiger partial charge in [-0.15, -0.1) is 0 Å². The van der Waals surface area contributed by atoms with Gasteiger partial charge in [0.2, 0.25) is 0 Å². The van der Waals surface area contributed by atoms with E-state index < -0.39 is 24.0 Å². The quantitative estimate of drug-likeness (QED) is 0.797. The van der Waals surface area contributed by atoms with Crippen LogP contribution in [0.1, 0.15) is 22.8 Å². The molecule has 1 aromatic carbocycles. The van der Waals surface area contributed by atoms with Crippen LogP contribution in [0.15, 0.2) is 24.3 Å². The summed E-state index contributed by atoms with van der Waals surface area (Å²) in [6.45, 7) is 3.29. The molecule has 0 spiro atoms. The van der Waals surface area contributed by atoms with Crippen LogP contribution in [0.25, 0.3) is 0 Å². The number of amides is 3. The van der Waals surface area contributed by atoms with Crippen molar-refractivity contribution in [3.8, 4) is 0 Å². The van der Waals surface area contributed by atoms with E-state index in [1.807, 2.05) is 12.2 Å². The molecular formula is C13H16N2O4. The molecule has 0 radical (unpaired) electrons. The van der Waals surface area contributed by atoms with Crippen molar-refractivity contribution in [3.05, 3.63) is 35.4 Å². The second-order valence-corrected chi connectivity index (χ2v) is 3.98. The molecule has 0 aromatic heterocycles. The number of benzene rings is 1. The minimum absolute atomic E-state index is 0.352. The first kappa shape index (κ1) is 14.7. The monoisotopic (exact) mass is 264 g/mol. The largest absolute Gasteiger partial charge is 0.449 e. The summed E-state index contributed by atoms with van der Waals surface area (Å²) in [5.74, 6) is -1.29. The topological polar surface area (TPSA) is 84.5 Å². The van der Waals surface area contributed by atoms with Crippen molar-refractivity contribution < 1.29 is 19.1 Å². The second-order valence-electron chi connectivity index (χ2n) is 3.98. The number of nitrogens with one attached hydrogen (secondary N) is 2. The van der Waals surface area contributed by atoms with E-state index >= 15 is 0 Å². The average Bonchev–Trinajstić information content (AvgIpc) is 2.38. The van der Waals surface area contributed by atoms with Gasteiger partial charge in [-0.2, -0.15) is 0 Å². The molecule has 1 atom stereocenters. The Balaban J connectivity index is 2.59. The third-order valence-electron chi connectivity index (χ3n) is 2.40. The minimum Gasteiger partial charge on any atom is -0.449 e. The Morgan fingerprint density at radius 1 is 1.16 bits per heavy atom. The van der Waals surface area contributed by atoms with Gasteiger partial charge in [0.1, 0.15) is 0 Å². The van der Waals surface area contributed by atoms with E-state index in [4.69, 9.17) is 4.74 Å². The van der Waals surface area contributed by atoms with Gasteiger partial charge in [-0.25, -0.2) is 9.59 Å². The van der Waals surface area contributed by atoms with Crippen molar-refractivity contribution in [1.82, 2.24) is 10.6 Å². The number of aryl methyl sites for hydroxylation is 1. The van der Waals surface area contributed by atoms with Crippen LogP contribution >= 0.6 is 0 Å². The zero-order valence-electron chi connectivity index (χ0n) is 11.0. The fourth-order valence-corrected chi connectivity index (χ4v) is 1.25. The number of urea groups is 1. The lowest BCUT2D eigenvalue weighted by Crippen LogP contribution is -2.43. The van der Waals surface area contributed by atoms with Gasteiger partial charge in [0.25, 0.3) is 5.91 Å². The summed E-state index contributed by atoms with van der Waals surface area (Å²) in [5.41, 5.74) is 1.37. The Hall–Kier alpha value is -2.37. The molecule has 0 bridgehead atoms. The molecule has 19 heavy (non-hydrogen) atoms. The molecule has 0 fully saturated rings. The van der Waals surface area contributed by atoms with Gasteiger partial charge in [-0.05, 0) is 26.0 Å². The summed E-state index contributed by atoms with van der Waals surface area (Å²) in [7, 11) is 1.38. The molecule has 6 nitrogen and oxygen atoms in total. The summed E-state index contributed by atoms with van der Waals surface area (Å²) >= 11 is 0. The number of esters is 1. The number of carbonyl (C=O) groups excluding carboxylic acids is 3. The minimum atomic E-state index is -1.05. The molecular weight excluding hydrogens is 248 g/mol. The number of hydrogen-bond acceptors (Lipinski definition) is 4. The van der Waals surface area contributed by atoms with Gasteiger partial charge in [0.15, 0.2) is 6.10 Å². The second kappa shape index (κ2) is 6.53. The van der Waals surface area contributed by atoms with E-state index in [0.717, 1.165) is 5.56 Å². The first-order valence-electron chi connectivity index (χ1n) is 5.74. The van der Waals surface area contributed by atoms with Gasteiger partial charge in [0.05, 0.1) is 5.56 Å². The molecule has 0 aliphatic rings. The highest BCUT2D eigenvalue weighted by molar-refractivity contribution is 5.98.